The van der Waals surface area contributed by atoms with Crippen LogP contribution in [-0.4, -0.2) is 17.6 Å². The minimum Gasteiger partial charge on any atom is -0.462 e. The number of aromatic nitrogens is 1. The van der Waals surface area contributed by atoms with E-state index in [-0.39, 0.29) is 5.97 Å². The molecule has 3 nitrogen and oxygen atoms in total. The van der Waals surface area contributed by atoms with Crippen LogP contribution in [0.4, 0.5) is 0 Å². The molecule has 1 aromatic heterocycles. The maximum absolute atomic E-state index is 12.5. The van der Waals surface area contributed by atoms with Gasteiger partial charge < -0.3 is 4.74 Å². The fourth-order valence-electron chi connectivity index (χ4n) is 2.73. The van der Waals surface area contributed by atoms with Crippen molar-refractivity contribution in [2.24, 2.45) is 0 Å². The highest BCUT2D eigenvalue weighted by atomic mass is 79.9. The molecule has 4 heteroatoms. The lowest BCUT2D eigenvalue weighted by molar-refractivity contribution is 0.0526. The van der Waals surface area contributed by atoms with Gasteiger partial charge in [0.2, 0.25) is 0 Å². The van der Waals surface area contributed by atoms with E-state index in [2.05, 4.69) is 20.9 Å². The van der Waals surface area contributed by atoms with Crippen LogP contribution in [-0.2, 0) is 4.74 Å². The molecule has 0 saturated heterocycles. The quantitative estimate of drug-likeness (QED) is 0.599. The molecule has 0 unspecified atom stereocenters. The third-order valence-corrected chi connectivity index (χ3v) is 4.33. The van der Waals surface area contributed by atoms with Crippen molar-refractivity contribution in [3.8, 4) is 11.1 Å². The van der Waals surface area contributed by atoms with Crippen LogP contribution >= 0.6 is 15.9 Å². The number of aryl methyl sites for hydroxylation is 1. The Balaban J connectivity index is 2.42. The van der Waals surface area contributed by atoms with Crippen molar-refractivity contribution in [2.45, 2.75) is 13.8 Å². The van der Waals surface area contributed by atoms with Crippen LogP contribution < -0.4 is 0 Å². The average Bonchev–Trinajstić information content (AvgIpc) is 2.55. The van der Waals surface area contributed by atoms with Gasteiger partial charge in [0.1, 0.15) is 0 Å². The standard InChI is InChI=1S/C19H16BrNO2/c1-3-23-19(22)16-12(2)21-18-14(10-7-11-15(18)20)17(16)13-8-5-4-6-9-13/h4-11H,3H2,1-2H3. The Labute approximate surface area is 143 Å². The maximum atomic E-state index is 12.5. The van der Waals surface area contributed by atoms with E-state index in [9.17, 15) is 4.79 Å². The lowest BCUT2D eigenvalue weighted by Gasteiger charge is -2.15. The van der Waals surface area contributed by atoms with Crippen molar-refractivity contribution in [3.05, 3.63) is 64.3 Å². The molecule has 0 aliphatic rings. The van der Waals surface area contributed by atoms with Gasteiger partial charge in [0.15, 0.2) is 0 Å². The molecule has 0 amide bonds. The number of ether oxygens (including phenoxy) is 1. The molecule has 1 heterocycles. The number of pyridine rings is 1. The van der Waals surface area contributed by atoms with Gasteiger partial charge in [0, 0.05) is 15.4 Å². The van der Waals surface area contributed by atoms with Crippen molar-refractivity contribution < 1.29 is 9.53 Å². The minimum absolute atomic E-state index is 0.335. The molecule has 0 atom stereocenters. The van der Waals surface area contributed by atoms with Gasteiger partial charge in [-0.05, 0) is 41.4 Å². The topological polar surface area (TPSA) is 39.2 Å². The van der Waals surface area contributed by atoms with Crippen LogP contribution in [0.3, 0.4) is 0 Å². The summed E-state index contributed by atoms with van der Waals surface area (Å²) in [6.07, 6.45) is 0. The SMILES string of the molecule is CCOC(=O)c1c(C)nc2c(Br)cccc2c1-c1ccccc1. The zero-order valence-corrected chi connectivity index (χ0v) is 14.6. The van der Waals surface area contributed by atoms with E-state index in [1.165, 1.54) is 0 Å². The number of para-hydroxylation sites is 1. The van der Waals surface area contributed by atoms with Gasteiger partial charge in [-0.15, -0.1) is 0 Å². The molecule has 0 N–H and O–H groups in total. The molecule has 3 rings (SSSR count). The second-order valence-corrected chi connectivity index (χ2v) is 6.02. The summed E-state index contributed by atoms with van der Waals surface area (Å²) in [6.45, 7) is 3.99. The van der Waals surface area contributed by atoms with Crippen LogP contribution in [0.25, 0.3) is 22.0 Å². The number of esters is 1. The normalized spacial score (nSPS) is 10.7. The van der Waals surface area contributed by atoms with Crippen molar-refractivity contribution >= 4 is 32.8 Å². The Hall–Kier alpha value is -2.20. The van der Waals surface area contributed by atoms with Crippen LogP contribution in [0.2, 0.25) is 0 Å². The van der Waals surface area contributed by atoms with Crippen molar-refractivity contribution in [1.82, 2.24) is 4.98 Å². The van der Waals surface area contributed by atoms with Gasteiger partial charge in [0.25, 0.3) is 0 Å². The summed E-state index contributed by atoms with van der Waals surface area (Å²) in [4.78, 5) is 17.1. The molecular weight excluding hydrogens is 354 g/mol. The first-order valence-corrected chi connectivity index (χ1v) is 8.24. The van der Waals surface area contributed by atoms with Gasteiger partial charge in [0.05, 0.1) is 23.4 Å². The Kier molecular flexibility index (Phi) is 4.44. The van der Waals surface area contributed by atoms with E-state index >= 15 is 0 Å². The Morgan fingerprint density at radius 3 is 2.57 bits per heavy atom. The zero-order chi connectivity index (χ0) is 16.4. The van der Waals surface area contributed by atoms with Crippen LogP contribution in [0.15, 0.2) is 53.0 Å². The number of halogens is 1. The van der Waals surface area contributed by atoms with E-state index < -0.39 is 0 Å². The van der Waals surface area contributed by atoms with E-state index in [1.54, 1.807) is 6.92 Å². The number of carbonyl (C=O) groups excluding carboxylic acids is 1. The minimum atomic E-state index is -0.335. The summed E-state index contributed by atoms with van der Waals surface area (Å²) in [7, 11) is 0. The fraction of sp³-hybridized carbons (Fsp3) is 0.158. The summed E-state index contributed by atoms with van der Waals surface area (Å²) in [5.41, 5.74) is 3.89. The summed E-state index contributed by atoms with van der Waals surface area (Å²) in [5.74, 6) is -0.335. The van der Waals surface area contributed by atoms with E-state index in [0.29, 0.717) is 17.9 Å². The van der Waals surface area contributed by atoms with Gasteiger partial charge in [-0.25, -0.2) is 4.79 Å². The maximum Gasteiger partial charge on any atom is 0.340 e. The van der Waals surface area contributed by atoms with E-state index in [0.717, 1.165) is 26.5 Å². The van der Waals surface area contributed by atoms with Crippen LogP contribution in [0.5, 0.6) is 0 Å². The third kappa shape index (κ3) is 2.86. The molecule has 0 spiro atoms. The third-order valence-electron chi connectivity index (χ3n) is 3.69. The number of carbonyl (C=O) groups is 1. The van der Waals surface area contributed by atoms with Gasteiger partial charge in [-0.3, -0.25) is 4.98 Å². The molecule has 0 aliphatic heterocycles. The average molecular weight is 370 g/mol. The largest absolute Gasteiger partial charge is 0.462 e. The number of rotatable bonds is 3. The van der Waals surface area contributed by atoms with Crippen molar-refractivity contribution in [2.75, 3.05) is 6.61 Å². The van der Waals surface area contributed by atoms with Crippen LogP contribution in [0, 0.1) is 6.92 Å². The predicted octanol–water partition coefficient (Wildman–Crippen LogP) is 5.15. The van der Waals surface area contributed by atoms with Crippen molar-refractivity contribution in [3.63, 3.8) is 0 Å². The lowest BCUT2D eigenvalue weighted by atomic mass is 9.94. The molecular formula is C19H16BrNO2. The molecule has 23 heavy (non-hydrogen) atoms. The molecule has 0 aliphatic carbocycles. The molecule has 0 bridgehead atoms. The first-order chi connectivity index (χ1) is 11.1. The highest BCUT2D eigenvalue weighted by molar-refractivity contribution is 9.10. The number of hydrogen-bond acceptors (Lipinski definition) is 3. The second-order valence-electron chi connectivity index (χ2n) is 5.17. The fourth-order valence-corrected chi connectivity index (χ4v) is 3.18. The molecule has 0 fully saturated rings. The first-order valence-electron chi connectivity index (χ1n) is 7.44. The second kappa shape index (κ2) is 6.50. The smallest absolute Gasteiger partial charge is 0.340 e. The Morgan fingerprint density at radius 2 is 1.87 bits per heavy atom. The first kappa shape index (κ1) is 15.7. The summed E-state index contributed by atoms with van der Waals surface area (Å²) < 4.78 is 6.17. The van der Waals surface area contributed by atoms with E-state index in [4.69, 9.17) is 4.74 Å². The van der Waals surface area contributed by atoms with E-state index in [1.807, 2.05) is 55.5 Å². The predicted molar refractivity (Wildman–Crippen MR) is 95.6 cm³/mol. The number of nitrogens with zero attached hydrogens (tertiary/aromatic N) is 1. The monoisotopic (exact) mass is 369 g/mol. The summed E-state index contributed by atoms with van der Waals surface area (Å²) in [5, 5.41) is 0.930. The lowest BCUT2D eigenvalue weighted by Crippen LogP contribution is -2.10. The molecule has 116 valence electrons. The number of benzene rings is 2. The molecule has 0 saturated carbocycles. The zero-order valence-electron chi connectivity index (χ0n) is 13.0. The Bertz CT molecular complexity index is 875. The van der Waals surface area contributed by atoms with Gasteiger partial charge >= 0.3 is 5.97 Å². The summed E-state index contributed by atoms with van der Waals surface area (Å²) in [6, 6.07) is 15.8. The van der Waals surface area contributed by atoms with Crippen molar-refractivity contribution in [1.29, 1.82) is 0 Å². The molecule has 2 aromatic carbocycles. The number of fused-ring (bicyclic) bond motifs is 1. The van der Waals surface area contributed by atoms with Crippen LogP contribution in [0.1, 0.15) is 23.0 Å². The highest BCUT2D eigenvalue weighted by Gasteiger charge is 2.21. The molecule has 0 radical (unpaired) electrons. The highest BCUT2D eigenvalue weighted by Crippen LogP contribution is 2.35. The Morgan fingerprint density at radius 1 is 1.13 bits per heavy atom. The molecule has 3 aromatic rings. The van der Waals surface area contributed by atoms with Gasteiger partial charge in [-0.1, -0.05) is 42.5 Å². The number of hydrogen-bond donors (Lipinski definition) is 0. The summed E-state index contributed by atoms with van der Waals surface area (Å²) >= 11 is 3.55. The van der Waals surface area contributed by atoms with Gasteiger partial charge in [-0.2, -0.15) is 0 Å².